The fourth-order valence-electron chi connectivity index (χ4n) is 10.1. The van der Waals surface area contributed by atoms with Gasteiger partial charge in [0, 0.05) is 106 Å². The Morgan fingerprint density at radius 1 is 0.284 bits per heavy atom. The molecule has 15 rings (SSSR count). The molecule has 0 saturated heterocycles. The molecule has 0 radical (unpaired) electrons. The number of aromatic nitrogens is 4. The highest BCUT2D eigenvalue weighted by atomic mass is 79.9. The van der Waals surface area contributed by atoms with Crippen LogP contribution in [-0.2, 0) is 0 Å². The second-order valence-corrected chi connectivity index (χ2v) is 19.8. The fraction of sp³-hybridized carbons (Fsp3) is 0. The molecule has 7 heteroatoms. The Hall–Kier alpha value is -7.42. The monoisotopic (exact) mass is 1000 g/mol. The van der Waals surface area contributed by atoms with Gasteiger partial charge in [0.2, 0.25) is 0 Å². The molecule has 0 aliphatic rings. The zero-order valence-corrected chi connectivity index (χ0v) is 39.8. The van der Waals surface area contributed by atoms with Crippen molar-refractivity contribution in [1.82, 2.24) is 19.1 Å². The van der Waals surface area contributed by atoms with Gasteiger partial charge in [0.05, 0.1) is 22.1 Å². The lowest BCUT2D eigenvalue weighted by atomic mass is 10.1. The SMILES string of the molecule is Brc1ccc2[nH]c3ccc(Br)cc3c2c1.c1ccc2c(c1)[nH]c1ccccc12.c1ccc2c(c1)c1ccccc1n2-c1ccc2sc3ccc(-n4c5ccccc5c5ccccc54)cc3c2c1. The molecule has 2 N–H and O–H groups in total. The highest BCUT2D eigenvalue weighted by Crippen LogP contribution is 2.40. The van der Waals surface area contributed by atoms with E-state index in [1.54, 1.807) is 0 Å². The maximum atomic E-state index is 3.50. The number of aromatic amines is 2. The largest absolute Gasteiger partial charge is 0.355 e. The second-order valence-electron chi connectivity index (χ2n) is 16.9. The molecular weight excluding hydrogens is 969 g/mol. The summed E-state index contributed by atoms with van der Waals surface area (Å²) in [6, 6.07) is 78.1. The van der Waals surface area contributed by atoms with Gasteiger partial charge in [-0.1, -0.05) is 141 Å². The van der Waals surface area contributed by atoms with Crippen LogP contribution >= 0.6 is 43.2 Å². The fourth-order valence-corrected chi connectivity index (χ4v) is 11.9. The lowest BCUT2D eigenvalue weighted by molar-refractivity contribution is 1.18. The molecule has 0 spiro atoms. The van der Waals surface area contributed by atoms with Crippen molar-refractivity contribution in [2.75, 3.05) is 0 Å². The highest BCUT2D eigenvalue weighted by molar-refractivity contribution is 9.10. The Labute approximate surface area is 405 Å². The molecular formula is C60H38Br2N4S. The number of benzene rings is 10. The van der Waals surface area contributed by atoms with E-state index in [4.69, 9.17) is 0 Å². The van der Waals surface area contributed by atoms with E-state index in [1.807, 2.05) is 23.5 Å². The van der Waals surface area contributed by atoms with E-state index < -0.39 is 0 Å². The first kappa shape index (κ1) is 39.9. The first-order valence-corrected chi connectivity index (χ1v) is 24.7. The summed E-state index contributed by atoms with van der Waals surface area (Å²) in [7, 11) is 0. The van der Waals surface area contributed by atoms with Crippen molar-refractivity contribution in [3.63, 3.8) is 0 Å². The summed E-state index contributed by atoms with van der Waals surface area (Å²) in [5.74, 6) is 0. The minimum Gasteiger partial charge on any atom is -0.355 e. The Morgan fingerprint density at radius 3 is 1.00 bits per heavy atom. The molecule has 5 aromatic heterocycles. The van der Waals surface area contributed by atoms with E-state index in [0.717, 1.165) is 8.95 Å². The van der Waals surface area contributed by atoms with Gasteiger partial charge in [0.25, 0.3) is 0 Å². The summed E-state index contributed by atoms with van der Waals surface area (Å²) < 4.78 is 9.66. The third-order valence-corrected chi connectivity index (χ3v) is 15.2. The van der Waals surface area contributed by atoms with Crippen LogP contribution in [0, 0.1) is 0 Å². The average Bonchev–Trinajstić information content (AvgIpc) is 4.19. The Morgan fingerprint density at radius 2 is 0.612 bits per heavy atom. The maximum absolute atomic E-state index is 3.50. The lowest BCUT2D eigenvalue weighted by Crippen LogP contribution is -1.94. The second kappa shape index (κ2) is 16.2. The quantitative estimate of drug-likeness (QED) is 0.173. The van der Waals surface area contributed by atoms with E-state index >= 15 is 0 Å². The predicted molar refractivity (Wildman–Crippen MR) is 295 cm³/mol. The minimum absolute atomic E-state index is 1.11. The zero-order chi connectivity index (χ0) is 44.6. The van der Waals surface area contributed by atoms with Crippen LogP contribution in [0.4, 0.5) is 0 Å². The normalized spacial score (nSPS) is 11.7. The van der Waals surface area contributed by atoms with Gasteiger partial charge in [-0.2, -0.15) is 0 Å². The number of halogens is 2. The van der Waals surface area contributed by atoms with Crippen molar-refractivity contribution in [3.8, 4) is 11.4 Å². The molecule has 318 valence electrons. The molecule has 15 aromatic rings. The molecule has 4 nitrogen and oxygen atoms in total. The van der Waals surface area contributed by atoms with Crippen LogP contribution in [0.15, 0.2) is 227 Å². The summed E-state index contributed by atoms with van der Waals surface area (Å²) in [6.45, 7) is 0. The van der Waals surface area contributed by atoms with Gasteiger partial charge in [-0.15, -0.1) is 11.3 Å². The molecule has 0 unspecified atom stereocenters. The van der Waals surface area contributed by atoms with Crippen LogP contribution in [0.3, 0.4) is 0 Å². The number of rotatable bonds is 2. The number of nitrogens with zero attached hydrogens (tertiary/aromatic N) is 2. The smallest absolute Gasteiger partial charge is 0.0541 e. The first-order valence-electron chi connectivity index (χ1n) is 22.3. The van der Waals surface area contributed by atoms with E-state index in [0.29, 0.717) is 0 Å². The van der Waals surface area contributed by atoms with Crippen molar-refractivity contribution < 1.29 is 0 Å². The van der Waals surface area contributed by atoms with Gasteiger partial charge >= 0.3 is 0 Å². The molecule has 0 fully saturated rings. The Balaban J connectivity index is 0.000000129. The summed E-state index contributed by atoms with van der Waals surface area (Å²) in [5.41, 5.74) is 12.1. The number of hydrogen-bond donors (Lipinski definition) is 2. The molecule has 0 aliphatic carbocycles. The number of para-hydroxylation sites is 6. The summed E-state index contributed by atoms with van der Waals surface area (Å²) in [4.78, 5) is 6.77. The van der Waals surface area contributed by atoms with Gasteiger partial charge < -0.3 is 19.1 Å². The lowest BCUT2D eigenvalue weighted by Gasteiger charge is -2.09. The molecule has 0 bridgehead atoms. The molecule has 0 amide bonds. The molecule has 0 atom stereocenters. The summed E-state index contributed by atoms with van der Waals surface area (Å²) in [5, 5.41) is 12.9. The first-order chi connectivity index (χ1) is 33.0. The predicted octanol–water partition coefficient (Wildman–Crippen LogP) is 18.4. The third-order valence-electron chi connectivity index (χ3n) is 13.0. The van der Waals surface area contributed by atoms with Crippen molar-refractivity contribution in [1.29, 1.82) is 0 Å². The number of nitrogens with one attached hydrogen (secondary N) is 2. The summed E-state index contributed by atoms with van der Waals surface area (Å²) in [6.07, 6.45) is 0. The van der Waals surface area contributed by atoms with Crippen LogP contribution in [-0.4, -0.2) is 19.1 Å². The van der Waals surface area contributed by atoms with E-state index in [-0.39, 0.29) is 0 Å². The maximum Gasteiger partial charge on any atom is 0.0541 e. The number of H-pyrrole nitrogens is 2. The minimum atomic E-state index is 1.11. The van der Waals surface area contributed by atoms with Crippen LogP contribution < -0.4 is 0 Å². The van der Waals surface area contributed by atoms with E-state index in [9.17, 15) is 0 Å². The van der Waals surface area contributed by atoms with Crippen LogP contribution in [0.2, 0.25) is 0 Å². The molecule has 10 aromatic carbocycles. The Kier molecular flexibility index (Phi) is 9.63. The summed E-state index contributed by atoms with van der Waals surface area (Å²) >= 11 is 8.86. The van der Waals surface area contributed by atoms with Gasteiger partial charge in [-0.25, -0.2) is 0 Å². The third kappa shape index (κ3) is 6.76. The van der Waals surface area contributed by atoms with Crippen LogP contribution in [0.25, 0.3) is 119 Å². The highest BCUT2D eigenvalue weighted by Gasteiger charge is 2.16. The molecule has 0 saturated carbocycles. The topological polar surface area (TPSA) is 41.4 Å². The van der Waals surface area contributed by atoms with Crippen LogP contribution in [0.5, 0.6) is 0 Å². The van der Waals surface area contributed by atoms with E-state index in [1.165, 1.54) is 119 Å². The molecule has 5 heterocycles. The standard InChI is InChI=1S/C36H22N2S.C12H7Br2N.C12H9N/c1-5-13-31-25(9-1)26-10-2-6-14-32(26)37(31)23-17-19-35-29(21-23)30-22-24(18-20-36(30)39-35)38-33-15-7-3-11-27(33)28-12-4-8-16-34(28)38;13-7-1-3-11-9(5-7)10-6-8(14)2-4-12(10)15-11;1-3-7-11-9(5-1)10-6-2-4-8-12(10)13-11/h1-22H;1-6,15H;1-8,13H. The zero-order valence-electron chi connectivity index (χ0n) is 35.8. The van der Waals surface area contributed by atoms with Crippen molar-refractivity contribution >= 4 is 151 Å². The van der Waals surface area contributed by atoms with E-state index in [2.05, 4.69) is 257 Å². The number of hydrogen-bond acceptors (Lipinski definition) is 1. The van der Waals surface area contributed by atoms with Gasteiger partial charge in [0.1, 0.15) is 0 Å². The van der Waals surface area contributed by atoms with Crippen molar-refractivity contribution in [3.05, 3.63) is 227 Å². The van der Waals surface area contributed by atoms with Gasteiger partial charge in [0.15, 0.2) is 0 Å². The average molecular weight is 1010 g/mol. The van der Waals surface area contributed by atoms with Crippen LogP contribution in [0.1, 0.15) is 0 Å². The molecule has 67 heavy (non-hydrogen) atoms. The van der Waals surface area contributed by atoms with Crippen molar-refractivity contribution in [2.45, 2.75) is 0 Å². The number of thiophene rings is 1. The van der Waals surface area contributed by atoms with Gasteiger partial charge in [-0.05, 0) is 109 Å². The van der Waals surface area contributed by atoms with Gasteiger partial charge in [-0.3, -0.25) is 0 Å². The Bertz CT molecular complexity index is 4010. The molecule has 0 aliphatic heterocycles. The van der Waals surface area contributed by atoms with Crippen molar-refractivity contribution in [2.24, 2.45) is 0 Å². The number of fused-ring (bicyclic) bond motifs is 15.